The summed E-state index contributed by atoms with van der Waals surface area (Å²) in [5.74, 6) is 0. The molecule has 0 aromatic carbocycles. The summed E-state index contributed by atoms with van der Waals surface area (Å²) in [7, 11) is -1.94. The van der Waals surface area contributed by atoms with Gasteiger partial charge in [0.05, 0.1) is 17.5 Å². The third-order valence-corrected chi connectivity index (χ3v) is 5.19. The van der Waals surface area contributed by atoms with Gasteiger partial charge in [-0.05, 0) is 26.2 Å². The van der Waals surface area contributed by atoms with E-state index < -0.39 is 10.0 Å². The average Bonchev–Trinajstić information content (AvgIpc) is 2.95. The Hall–Kier alpha value is -0.960. The van der Waals surface area contributed by atoms with Crippen molar-refractivity contribution in [3.8, 4) is 0 Å². The number of rotatable bonds is 5. The van der Waals surface area contributed by atoms with Gasteiger partial charge in [-0.2, -0.15) is 5.10 Å². The van der Waals surface area contributed by atoms with Crippen LogP contribution in [0.3, 0.4) is 0 Å². The Kier molecular flexibility index (Phi) is 4.24. The molecule has 7 nitrogen and oxygen atoms in total. The minimum absolute atomic E-state index is 0.0881. The van der Waals surface area contributed by atoms with Crippen LogP contribution in [-0.4, -0.2) is 37.9 Å². The van der Waals surface area contributed by atoms with Gasteiger partial charge in [-0.3, -0.25) is 5.10 Å². The Morgan fingerprint density at radius 3 is 2.84 bits per heavy atom. The molecule has 0 spiro atoms. The summed E-state index contributed by atoms with van der Waals surface area (Å²) >= 11 is 0. The van der Waals surface area contributed by atoms with Crippen LogP contribution in [0.2, 0.25) is 0 Å². The molecule has 1 heterocycles. The zero-order chi connectivity index (χ0) is 14.0. The molecule has 1 aliphatic rings. The van der Waals surface area contributed by atoms with E-state index in [1.807, 2.05) is 0 Å². The van der Waals surface area contributed by atoms with Crippen LogP contribution in [0, 0.1) is 6.92 Å². The lowest BCUT2D eigenvalue weighted by atomic mass is 10.3. The monoisotopic (exact) mass is 288 g/mol. The fourth-order valence-corrected chi connectivity index (χ4v) is 4.16. The molecule has 108 valence electrons. The van der Waals surface area contributed by atoms with E-state index >= 15 is 0 Å². The molecule has 1 saturated carbocycles. The van der Waals surface area contributed by atoms with E-state index in [9.17, 15) is 8.42 Å². The first-order valence-electron chi connectivity index (χ1n) is 6.27. The number of methoxy groups -OCH3 is 1. The molecule has 0 amide bonds. The van der Waals surface area contributed by atoms with E-state index in [0.29, 0.717) is 17.8 Å². The number of H-pyrrole nitrogens is 1. The lowest BCUT2D eigenvalue weighted by Gasteiger charge is -2.13. The molecule has 19 heavy (non-hydrogen) atoms. The molecule has 1 aliphatic carbocycles. The maximum atomic E-state index is 12.4. The standard InChI is InChI=1S/C11H20N4O3S/c1-7-11(10(6-12)14-13-7)19(16,17)15-8-3-4-9(5-8)18-2/h8-9,15H,3-6,12H2,1-2H3,(H,13,14). The van der Waals surface area contributed by atoms with Gasteiger partial charge in [0, 0.05) is 19.7 Å². The second kappa shape index (κ2) is 5.58. The molecular formula is C11H20N4O3S. The van der Waals surface area contributed by atoms with E-state index in [2.05, 4.69) is 14.9 Å². The number of nitrogens with zero attached hydrogens (tertiary/aromatic N) is 1. The van der Waals surface area contributed by atoms with Gasteiger partial charge in [0.25, 0.3) is 0 Å². The second-order valence-electron chi connectivity index (χ2n) is 4.82. The van der Waals surface area contributed by atoms with Gasteiger partial charge in [0.1, 0.15) is 4.90 Å². The number of nitrogens with two attached hydrogens (primary N) is 1. The predicted molar refractivity (Wildman–Crippen MR) is 70.0 cm³/mol. The van der Waals surface area contributed by atoms with Gasteiger partial charge in [0.15, 0.2) is 0 Å². The summed E-state index contributed by atoms with van der Waals surface area (Å²) in [5, 5.41) is 6.58. The topological polar surface area (TPSA) is 110 Å². The Morgan fingerprint density at radius 2 is 2.26 bits per heavy atom. The quantitative estimate of drug-likeness (QED) is 0.707. The fourth-order valence-electron chi connectivity index (χ4n) is 2.50. The number of aryl methyl sites for hydroxylation is 1. The normalized spacial score (nSPS) is 23.9. The van der Waals surface area contributed by atoms with Gasteiger partial charge in [-0.25, -0.2) is 13.1 Å². The molecule has 0 aliphatic heterocycles. The van der Waals surface area contributed by atoms with Crippen molar-refractivity contribution >= 4 is 10.0 Å². The number of aromatic amines is 1. The summed E-state index contributed by atoms with van der Waals surface area (Å²) in [6.07, 6.45) is 2.49. The van der Waals surface area contributed by atoms with Crippen LogP contribution in [0.4, 0.5) is 0 Å². The number of aromatic nitrogens is 2. The summed E-state index contributed by atoms with van der Waals surface area (Å²) in [6.45, 7) is 1.76. The third-order valence-electron chi connectivity index (χ3n) is 3.46. The molecule has 1 aromatic heterocycles. The van der Waals surface area contributed by atoms with Crippen molar-refractivity contribution in [1.82, 2.24) is 14.9 Å². The zero-order valence-electron chi connectivity index (χ0n) is 11.1. The highest BCUT2D eigenvalue weighted by atomic mass is 32.2. The van der Waals surface area contributed by atoms with E-state index in [-0.39, 0.29) is 23.6 Å². The average molecular weight is 288 g/mol. The predicted octanol–water partition coefficient (Wildman–Crippen LogP) is 0.0226. The summed E-state index contributed by atoms with van der Waals surface area (Å²) in [5.41, 5.74) is 6.39. The van der Waals surface area contributed by atoms with E-state index in [1.54, 1.807) is 14.0 Å². The molecule has 0 radical (unpaired) electrons. The van der Waals surface area contributed by atoms with Crippen LogP contribution in [0.1, 0.15) is 30.7 Å². The number of sulfonamides is 1. The van der Waals surface area contributed by atoms with Crippen LogP contribution in [0.15, 0.2) is 4.90 Å². The Morgan fingerprint density at radius 1 is 1.53 bits per heavy atom. The van der Waals surface area contributed by atoms with Crippen molar-refractivity contribution in [3.63, 3.8) is 0 Å². The van der Waals surface area contributed by atoms with Gasteiger partial charge < -0.3 is 10.5 Å². The van der Waals surface area contributed by atoms with Gasteiger partial charge >= 0.3 is 0 Å². The van der Waals surface area contributed by atoms with Crippen LogP contribution < -0.4 is 10.5 Å². The Balaban J connectivity index is 2.17. The van der Waals surface area contributed by atoms with Crippen molar-refractivity contribution < 1.29 is 13.2 Å². The van der Waals surface area contributed by atoms with Crippen molar-refractivity contribution in [2.24, 2.45) is 5.73 Å². The lowest BCUT2D eigenvalue weighted by Crippen LogP contribution is -2.34. The summed E-state index contributed by atoms with van der Waals surface area (Å²) in [4.78, 5) is 0.177. The van der Waals surface area contributed by atoms with Crippen LogP contribution in [-0.2, 0) is 21.3 Å². The van der Waals surface area contributed by atoms with Crippen LogP contribution >= 0.6 is 0 Å². The zero-order valence-corrected chi connectivity index (χ0v) is 12.0. The van der Waals surface area contributed by atoms with Gasteiger partial charge in [-0.1, -0.05) is 0 Å². The summed E-state index contributed by atoms with van der Waals surface area (Å²) in [6, 6.07) is -0.0881. The molecule has 4 N–H and O–H groups in total. The van der Waals surface area contributed by atoms with Crippen molar-refractivity contribution in [2.45, 2.75) is 49.8 Å². The summed E-state index contributed by atoms with van der Waals surface area (Å²) < 4.78 is 32.7. The Labute approximate surface area is 113 Å². The van der Waals surface area contributed by atoms with E-state index in [1.165, 1.54) is 0 Å². The maximum absolute atomic E-state index is 12.4. The first-order chi connectivity index (χ1) is 8.97. The number of hydrogen-bond acceptors (Lipinski definition) is 5. The first-order valence-corrected chi connectivity index (χ1v) is 7.75. The SMILES string of the molecule is COC1CCC(NS(=O)(=O)c2c(CN)n[nH]c2C)C1. The largest absolute Gasteiger partial charge is 0.381 e. The smallest absolute Gasteiger partial charge is 0.244 e. The highest BCUT2D eigenvalue weighted by Gasteiger charge is 2.31. The number of ether oxygens (including phenoxy) is 1. The first kappa shape index (κ1) is 14.4. The third kappa shape index (κ3) is 2.97. The highest BCUT2D eigenvalue weighted by Crippen LogP contribution is 2.24. The molecule has 0 saturated heterocycles. The molecule has 2 rings (SSSR count). The number of nitrogens with one attached hydrogen (secondary N) is 2. The van der Waals surface area contributed by atoms with Crippen LogP contribution in [0.25, 0.3) is 0 Å². The Bertz CT molecular complexity index is 540. The van der Waals surface area contributed by atoms with Crippen molar-refractivity contribution in [3.05, 3.63) is 11.4 Å². The van der Waals surface area contributed by atoms with Gasteiger partial charge in [0.2, 0.25) is 10.0 Å². The maximum Gasteiger partial charge on any atom is 0.244 e. The van der Waals surface area contributed by atoms with Crippen LogP contribution in [0.5, 0.6) is 0 Å². The molecular weight excluding hydrogens is 268 g/mol. The lowest BCUT2D eigenvalue weighted by molar-refractivity contribution is 0.107. The second-order valence-corrected chi connectivity index (χ2v) is 6.47. The molecule has 2 atom stereocenters. The highest BCUT2D eigenvalue weighted by molar-refractivity contribution is 7.89. The fraction of sp³-hybridized carbons (Fsp3) is 0.727. The molecule has 1 aromatic rings. The van der Waals surface area contributed by atoms with Gasteiger partial charge in [-0.15, -0.1) is 0 Å². The number of hydrogen-bond donors (Lipinski definition) is 3. The minimum Gasteiger partial charge on any atom is -0.381 e. The molecule has 2 unspecified atom stereocenters. The van der Waals surface area contributed by atoms with Crippen molar-refractivity contribution in [2.75, 3.05) is 7.11 Å². The molecule has 8 heteroatoms. The van der Waals surface area contributed by atoms with E-state index in [0.717, 1.165) is 12.8 Å². The molecule has 1 fully saturated rings. The van der Waals surface area contributed by atoms with E-state index in [4.69, 9.17) is 10.5 Å². The minimum atomic E-state index is -3.58. The van der Waals surface area contributed by atoms with Crippen molar-refractivity contribution in [1.29, 1.82) is 0 Å². The molecule has 0 bridgehead atoms.